The lowest BCUT2D eigenvalue weighted by molar-refractivity contribution is 0.285. The summed E-state index contributed by atoms with van der Waals surface area (Å²) in [7, 11) is -3.16. The third-order valence-electron chi connectivity index (χ3n) is 3.35. The van der Waals surface area contributed by atoms with Crippen LogP contribution in [0.4, 0.5) is 0 Å². The molecule has 0 aromatic carbocycles. The first kappa shape index (κ1) is 12.8. The lowest BCUT2D eigenvalue weighted by Crippen LogP contribution is -2.48. The maximum atomic E-state index is 12.3. The fraction of sp³-hybridized carbons (Fsp3) is 1.00. The minimum Gasteiger partial charge on any atom is -0.195 e. The summed E-state index contributed by atoms with van der Waals surface area (Å²) in [5, 5.41) is 0. The Labute approximate surface area is 106 Å². The molecule has 0 unspecified atom stereocenters. The van der Waals surface area contributed by atoms with Crippen LogP contribution in [0.25, 0.3) is 0 Å². The Kier molecular flexibility index (Phi) is 4.26. The number of rotatable bonds is 2. The molecule has 0 amide bonds. The molecule has 2 rings (SSSR count). The molecule has 94 valence electrons. The van der Waals surface area contributed by atoms with Crippen molar-refractivity contribution in [3.05, 3.63) is 0 Å². The molecule has 0 radical (unpaired) electrons. The van der Waals surface area contributed by atoms with Crippen molar-refractivity contribution in [3.8, 4) is 0 Å². The summed E-state index contributed by atoms with van der Waals surface area (Å²) in [4.78, 5) is 0.486. The highest BCUT2D eigenvalue weighted by atomic mass is 79.9. The normalized spacial score (nSPS) is 27.1. The van der Waals surface area contributed by atoms with E-state index in [0.717, 1.165) is 32.1 Å². The molecule has 0 saturated carbocycles. The van der Waals surface area contributed by atoms with Gasteiger partial charge in [0.1, 0.15) is 0 Å². The monoisotopic (exact) mass is 310 g/mol. The van der Waals surface area contributed by atoms with Gasteiger partial charge in [0.15, 0.2) is 0 Å². The summed E-state index contributed by atoms with van der Waals surface area (Å²) >= 11 is 3.54. The third-order valence-corrected chi connectivity index (χ3v) is 6.30. The summed E-state index contributed by atoms with van der Waals surface area (Å²) in [6, 6.07) is 0. The lowest BCUT2D eigenvalue weighted by Gasteiger charge is -2.35. The van der Waals surface area contributed by atoms with Crippen LogP contribution in [0, 0.1) is 0 Å². The second-order valence-corrected chi connectivity index (χ2v) is 7.76. The molecule has 2 aliphatic rings. The largest absolute Gasteiger partial charge is 0.281 e. The fourth-order valence-corrected chi connectivity index (χ4v) is 4.44. The van der Waals surface area contributed by atoms with Gasteiger partial charge in [0.2, 0.25) is 0 Å². The molecule has 0 aromatic rings. The Morgan fingerprint density at radius 1 is 0.875 bits per heavy atom. The predicted molar refractivity (Wildman–Crippen MR) is 67.9 cm³/mol. The molecular formula is C10H19BrN2O2S. The highest BCUT2D eigenvalue weighted by Gasteiger charge is 2.32. The van der Waals surface area contributed by atoms with E-state index in [-0.39, 0.29) is 0 Å². The van der Waals surface area contributed by atoms with E-state index >= 15 is 0 Å². The van der Waals surface area contributed by atoms with Crippen molar-refractivity contribution < 1.29 is 8.42 Å². The quantitative estimate of drug-likeness (QED) is 0.727. The van der Waals surface area contributed by atoms with E-state index in [1.807, 2.05) is 0 Å². The van der Waals surface area contributed by atoms with Crippen molar-refractivity contribution in [1.29, 1.82) is 0 Å². The third kappa shape index (κ3) is 2.78. The van der Waals surface area contributed by atoms with Crippen LogP contribution >= 0.6 is 15.9 Å². The highest BCUT2D eigenvalue weighted by molar-refractivity contribution is 9.09. The van der Waals surface area contributed by atoms with E-state index in [1.165, 1.54) is 0 Å². The number of hydrogen-bond donors (Lipinski definition) is 0. The summed E-state index contributed by atoms with van der Waals surface area (Å²) in [6.45, 7) is 2.73. The van der Waals surface area contributed by atoms with E-state index in [2.05, 4.69) is 15.9 Å². The molecule has 6 heteroatoms. The van der Waals surface area contributed by atoms with Crippen LogP contribution in [0.1, 0.15) is 32.1 Å². The van der Waals surface area contributed by atoms with Crippen molar-refractivity contribution >= 4 is 26.1 Å². The molecule has 0 atom stereocenters. The first-order valence-corrected chi connectivity index (χ1v) is 8.31. The Bertz CT molecular complexity index is 320. The molecular weight excluding hydrogens is 292 g/mol. The molecule has 2 aliphatic heterocycles. The zero-order chi connectivity index (χ0) is 11.6. The minimum absolute atomic E-state index is 0.486. The van der Waals surface area contributed by atoms with Crippen molar-refractivity contribution in [1.82, 2.24) is 8.61 Å². The average Bonchev–Trinajstić information content (AvgIpc) is 2.31. The molecule has 4 nitrogen and oxygen atoms in total. The zero-order valence-corrected chi connectivity index (χ0v) is 11.8. The second kappa shape index (κ2) is 5.33. The van der Waals surface area contributed by atoms with Gasteiger partial charge >= 0.3 is 0 Å². The number of halogens is 1. The van der Waals surface area contributed by atoms with Gasteiger partial charge in [-0.25, -0.2) is 0 Å². The Balaban J connectivity index is 2.00. The zero-order valence-electron chi connectivity index (χ0n) is 9.44. The average molecular weight is 311 g/mol. The summed E-state index contributed by atoms with van der Waals surface area (Å²) in [6.07, 6.45) is 5.03. The predicted octanol–water partition coefficient (Wildman–Crippen LogP) is 1.58. The molecule has 0 aromatic heterocycles. The molecule has 2 heterocycles. The van der Waals surface area contributed by atoms with E-state index in [4.69, 9.17) is 0 Å². The topological polar surface area (TPSA) is 40.6 Å². The van der Waals surface area contributed by atoms with Gasteiger partial charge in [0.25, 0.3) is 10.2 Å². The number of hydrogen-bond acceptors (Lipinski definition) is 2. The smallest absolute Gasteiger partial charge is 0.195 e. The van der Waals surface area contributed by atoms with Crippen LogP contribution in [0.3, 0.4) is 0 Å². The van der Waals surface area contributed by atoms with Gasteiger partial charge in [-0.05, 0) is 25.7 Å². The number of piperidine rings is 2. The van der Waals surface area contributed by atoms with E-state index in [1.54, 1.807) is 8.61 Å². The maximum absolute atomic E-state index is 12.3. The van der Waals surface area contributed by atoms with E-state index in [0.29, 0.717) is 31.0 Å². The highest BCUT2D eigenvalue weighted by Crippen LogP contribution is 2.23. The van der Waals surface area contributed by atoms with Gasteiger partial charge in [0.05, 0.1) is 0 Å². The van der Waals surface area contributed by atoms with Crippen molar-refractivity contribution in [3.63, 3.8) is 0 Å². The summed E-state index contributed by atoms with van der Waals surface area (Å²) < 4.78 is 27.9. The first-order chi connectivity index (χ1) is 7.60. The van der Waals surface area contributed by atoms with Gasteiger partial charge in [-0.15, -0.1) is 0 Å². The second-order valence-electron chi connectivity index (χ2n) is 4.54. The standard InChI is InChI=1S/C10H19BrN2O2S/c11-10-4-8-13(9-5-10)16(14,15)12-6-2-1-3-7-12/h10H,1-9H2. The Morgan fingerprint density at radius 2 is 1.38 bits per heavy atom. The van der Waals surface area contributed by atoms with E-state index in [9.17, 15) is 8.42 Å². The van der Waals surface area contributed by atoms with Gasteiger partial charge in [0, 0.05) is 31.0 Å². The molecule has 16 heavy (non-hydrogen) atoms. The first-order valence-electron chi connectivity index (χ1n) is 6.00. The Morgan fingerprint density at radius 3 is 1.94 bits per heavy atom. The number of nitrogens with zero attached hydrogens (tertiary/aromatic N) is 2. The maximum Gasteiger partial charge on any atom is 0.281 e. The number of alkyl halides is 1. The van der Waals surface area contributed by atoms with Crippen LogP contribution in [0.5, 0.6) is 0 Å². The van der Waals surface area contributed by atoms with Gasteiger partial charge < -0.3 is 0 Å². The molecule has 2 saturated heterocycles. The van der Waals surface area contributed by atoms with Crippen LogP contribution in [-0.4, -0.2) is 48.0 Å². The molecule has 0 bridgehead atoms. The van der Waals surface area contributed by atoms with Gasteiger partial charge in [-0.3, -0.25) is 0 Å². The van der Waals surface area contributed by atoms with Crippen LogP contribution in [-0.2, 0) is 10.2 Å². The van der Waals surface area contributed by atoms with Crippen LogP contribution in [0.15, 0.2) is 0 Å². The Hall–Kier alpha value is 0.350. The van der Waals surface area contributed by atoms with Gasteiger partial charge in [-0.2, -0.15) is 17.0 Å². The minimum atomic E-state index is -3.16. The van der Waals surface area contributed by atoms with Crippen LogP contribution in [0.2, 0.25) is 0 Å². The van der Waals surface area contributed by atoms with Crippen molar-refractivity contribution in [2.24, 2.45) is 0 Å². The van der Waals surface area contributed by atoms with Gasteiger partial charge in [-0.1, -0.05) is 22.4 Å². The van der Waals surface area contributed by atoms with E-state index < -0.39 is 10.2 Å². The fourth-order valence-electron chi connectivity index (χ4n) is 2.31. The molecule has 0 spiro atoms. The molecule has 0 N–H and O–H groups in total. The SMILES string of the molecule is O=S(=O)(N1CCCCC1)N1CCC(Br)CC1. The van der Waals surface area contributed by atoms with Crippen molar-refractivity contribution in [2.75, 3.05) is 26.2 Å². The summed E-state index contributed by atoms with van der Waals surface area (Å²) in [5.74, 6) is 0. The molecule has 0 aliphatic carbocycles. The summed E-state index contributed by atoms with van der Waals surface area (Å²) in [5.41, 5.74) is 0. The lowest BCUT2D eigenvalue weighted by atomic mass is 10.2. The van der Waals surface area contributed by atoms with Crippen molar-refractivity contribution in [2.45, 2.75) is 36.9 Å². The molecule has 2 fully saturated rings. The van der Waals surface area contributed by atoms with Crippen LogP contribution < -0.4 is 0 Å².